The Hall–Kier alpha value is -0.690. The molecule has 4 nitrogen and oxygen atoms in total. The molecule has 0 aliphatic carbocycles. The molecule has 1 atom stereocenters. The van der Waals surface area contributed by atoms with Crippen molar-refractivity contribution in [3.8, 4) is 0 Å². The number of nitrogens with zero attached hydrogens (tertiary/aromatic N) is 2. The molecule has 0 fully saturated rings. The zero-order valence-electron chi connectivity index (χ0n) is 10.6. The zero-order chi connectivity index (χ0) is 13.8. The second-order valence-electron chi connectivity index (χ2n) is 4.45. The Labute approximate surface area is 129 Å². The summed E-state index contributed by atoms with van der Waals surface area (Å²) in [4.78, 5) is 0. The molecule has 2 aromatic rings. The van der Waals surface area contributed by atoms with Gasteiger partial charge in [-0.2, -0.15) is 5.10 Å². The van der Waals surface area contributed by atoms with E-state index >= 15 is 0 Å². The van der Waals surface area contributed by atoms with Crippen molar-refractivity contribution in [1.82, 2.24) is 15.2 Å². The number of benzene rings is 1. The van der Waals surface area contributed by atoms with Crippen molar-refractivity contribution >= 4 is 31.9 Å². The molecule has 6 heteroatoms. The molecule has 0 spiro atoms. The van der Waals surface area contributed by atoms with Gasteiger partial charge >= 0.3 is 0 Å². The molecule has 0 bridgehead atoms. The zero-order valence-corrected chi connectivity index (χ0v) is 13.8. The fourth-order valence-corrected chi connectivity index (χ4v) is 3.35. The van der Waals surface area contributed by atoms with Gasteiger partial charge in [-0.05, 0) is 36.1 Å². The Balaban J connectivity index is 2.07. The van der Waals surface area contributed by atoms with Crippen molar-refractivity contribution in [2.24, 2.45) is 12.9 Å². The highest BCUT2D eigenvalue weighted by Crippen LogP contribution is 2.29. The first-order chi connectivity index (χ1) is 9.10. The van der Waals surface area contributed by atoms with E-state index in [-0.39, 0.29) is 6.04 Å². The quantitative estimate of drug-likeness (QED) is 0.612. The number of halogens is 2. The second kappa shape index (κ2) is 6.65. The van der Waals surface area contributed by atoms with Gasteiger partial charge in [-0.15, -0.1) is 0 Å². The summed E-state index contributed by atoms with van der Waals surface area (Å²) in [5.74, 6) is 5.68. The van der Waals surface area contributed by atoms with Gasteiger partial charge in [0.2, 0.25) is 0 Å². The number of rotatable bonds is 5. The van der Waals surface area contributed by atoms with E-state index in [0.29, 0.717) is 0 Å². The maximum absolute atomic E-state index is 5.68. The molecule has 1 aromatic heterocycles. The number of aromatic nitrogens is 2. The highest BCUT2D eigenvalue weighted by molar-refractivity contribution is 9.11. The average Bonchev–Trinajstić information content (AvgIpc) is 2.78. The summed E-state index contributed by atoms with van der Waals surface area (Å²) in [5, 5.41) is 4.17. The fraction of sp³-hybridized carbons (Fsp3) is 0.308. The molecule has 0 aliphatic heterocycles. The molecule has 19 heavy (non-hydrogen) atoms. The van der Waals surface area contributed by atoms with Crippen LogP contribution in [0.1, 0.15) is 23.6 Å². The molecule has 0 saturated carbocycles. The summed E-state index contributed by atoms with van der Waals surface area (Å²) in [5.41, 5.74) is 5.26. The average molecular weight is 388 g/mol. The van der Waals surface area contributed by atoms with Crippen LogP contribution in [-0.4, -0.2) is 9.78 Å². The third-order valence-electron chi connectivity index (χ3n) is 3.02. The normalized spacial score (nSPS) is 12.6. The molecule has 0 saturated heterocycles. The molecular formula is C13H16Br2N4. The molecular weight excluding hydrogens is 372 g/mol. The van der Waals surface area contributed by atoms with Crippen molar-refractivity contribution in [2.75, 3.05) is 0 Å². The largest absolute Gasteiger partial charge is 0.276 e. The van der Waals surface area contributed by atoms with E-state index in [9.17, 15) is 0 Å². The van der Waals surface area contributed by atoms with Crippen LogP contribution in [0, 0.1) is 0 Å². The van der Waals surface area contributed by atoms with Crippen LogP contribution in [-0.2, 0) is 13.5 Å². The van der Waals surface area contributed by atoms with Crippen LogP contribution in [0.5, 0.6) is 0 Å². The van der Waals surface area contributed by atoms with Crippen LogP contribution in [0.2, 0.25) is 0 Å². The first kappa shape index (κ1) is 14.7. The van der Waals surface area contributed by atoms with Crippen molar-refractivity contribution in [3.05, 3.63) is 50.7 Å². The second-order valence-corrected chi connectivity index (χ2v) is 6.22. The number of nitrogens with two attached hydrogens (primary N) is 1. The van der Waals surface area contributed by atoms with E-state index in [4.69, 9.17) is 5.84 Å². The summed E-state index contributed by atoms with van der Waals surface area (Å²) in [6, 6.07) is 6.24. The maximum Gasteiger partial charge on any atom is 0.0521 e. The van der Waals surface area contributed by atoms with E-state index in [1.54, 1.807) is 0 Å². The fourth-order valence-electron chi connectivity index (χ4n) is 2.02. The highest BCUT2D eigenvalue weighted by Gasteiger charge is 2.13. The van der Waals surface area contributed by atoms with Crippen molar-refractivity contribution in [2.45, 2.75) is 18.9 Å². The molecule has 3 N–H and O–H groups in total. The van der Waals surface area contributed by atoms with Gasteiger partial charge < -0.3 is 0 Å². The topological polar surface area (TPSA) is 55.9 Å². The van der Waals surface area contributed by atoms with Gasteiger partial charge in [0.1, 0.15) is 0 Å². The summed E-state index contributed by atoms with van der Waals surface area (Å²) in [7, 11) is 1.92. The molecule has 1 aromatic carbocycles. The van der Waals surface area contributed by atoms with Crippen LogP contribution >= 0.6 is 31.9 Å². The van der Waals surface area contributed by atoms with Crippen molar-refractivity contribution in [1.29, 1.82) is 0 Å². The van der Waals surface area contributed by atoms with E-state index in [0.717, 1.165) is 27.4 Å². The lowest BCUT2D eigenvalue weighted by Gasteiger charge is -2.17. The summed E-state index contributed by atoms with van der Waals surface area (Å²) >= 11 is 7.03. The van der Waals surface area contributed by atoms with Crippen LogP contribution < -0.4 is 11.3 Å². The smallest absolute Gasteiger partial charge is 0.0521 e. The van der Waals surface area contributed by atoms with Crippen LogP contribution in [0.4, 0.5) is 0 Å². The van der Waals surface area contributed by atoms with Gasteiger partial charge in [-0.25, -0.2) is 0 Å². The molecule has 2 rings (SSSR count). The number of aryl methyl sites for hydroxylation is 2. The first-order valence-electron chi connectivity index (χ1n) is 5.98. The molecule has 1 heterocycles. The Kier molecular flexibility index (Phi) is 5.15. The molecule has 102 valence electrons. The van der Waals surface area contributed by atoms with Gasteiger partial charge in [0.15, 0.2) is 0 Å². The lowest BCUT2D eigenvalue weighted by molar-refractivity contribution is 0.514. The van der Waals surface area contributed by atoms with Gasteiger partial charge in [0.05, 0.1) is 6.20 Å². The molecule has 0 radical (unpaired) electrons. The van der Waals surface area contributed by atoms with Crippen molar-refractivity contribution < 1.29 is 0 Å². The third kappa shape index (κ3) is 3.89. The predicted octanol–water partition coefficient (Wildman–Crippen LogP) is 3.08. The highest BCUT2D eigenvalue weighted by atomic mass is 79.9. The maximum atomic E-state index is 5.68. The number of hydrazine groups is 1. The molecule has 0 aliphatic rings. The van der Waals surface area contributed by atoms with E-state index in [1.165, 1.54) is 5.56 Å². The summed E-state index contributed by atoms with van der Waals surface area (Å²) in [6.07, 6.45) is 5.78. The van der Waals surface area contributed by atoms with Crippen LogP contribution in [0.15, 0.2) is 39.5 Å². The van der Waals surface area contributed by atoms with Crippen molar-refractivity contribution in [3.63, 3.8) is 0 Å². The van der Waals surface area contributed by atoms with Gasteiger partial charge in [0.25, 0.3) is 0 Å². The SMILES string of the molecule is Cn1cc(CCC(NN)c2ccc(Br)cc2Br)cn1. The van der Waals surface area contributed by atoms with Gasteiger partial charge in [0, 0.05) is 28.2 Å². The Bertz CT molecular complexity index is 553. The standard InChI is InChI=1S/C13H16Br2N4/c1-19-8-9(7-17-19)2-5-13(18-16)11-4-3-10(14)6-12(11)15/h3-4,6-8,13,18H,2,5,16H2,1H3. The summed E-state index contributed by atoms with van der Waals surface area (Å²) in [6.45, 7) is 0. The minimum atomic E-state index is 0.114. The minimum Gasteiger partial charge on any atom is -0.276 e. The monoisotopic (exact) mass is 386 g/mol. The Morgan fingerprint density at radius 3 is 2.79 bits per heavy atom. The van der Waals surface area contributed by atoms with E-state index in [1.807, 2.05) is 36.3 Å². The number of nitrogens with one attached hydrogen (secondary N) is 1. The summed E-state index contributed by atoms with van der Waals surface area (Å²) < 4.78 is 3.91. The molecule has 0 amide bonds. The predicted molar refractivity (Wildman–Crippen MR) is 83.4 cm³/mol. The van der Waals surface area contributed by atoms with E-state index < -0.39 is 0 Å². The van der Waals surface area contributed by atoms with Crippen LogP contribution in [0.25, 0.3) is 0 Å². The number of hydrogen-bond acceptors (Lipinski definition) is 3. The van der Waals surface area contributed by atoms with E-state index in [2.05, 4.69) is 48.5 Å². The van der Waals surface area contributed by atoms with Gasteiger partial charge in [-0.3, -0.25) is 16.0 Å². The third-order valence-corrected chi connectivity index (χ3v) is 4.20. The van der Waals surface area contributed by atoms with Gasteiger partial charge in [-0.1, -0.05) is 37.9 Å². The first-order valence-corrected chi connectivity index (χ1v) is 7.57. The minimum absolute atomic E-state index is 0.114. The Morgan fingerprint density at radius 1 is 1.42 bits per heavy atom. The Morgan fingerprint density at radius 2 is 2.21 bits per heavy atom. The lowest BCUT2D eigenvalue weighted by Crippen LogP contribution is -2.28. The number of hydrogen-bond donors (Lipinski definition) is 2. The van der Waals surface area contributed by atoms with Crippen LogP contribution in [0.3, 0.4) is 0 Å². The lowest BCUT2D eigenvalue weighted by atomic mass is 10.0. The molecule has 1 unspecified atom stereocenters.